The van der Waals surface area contributed by atoms with Crippen molar-refractivity contribution in [3.63, 3.8) is 0 Å². The molecule has 0 aliphatic carbocycles. The highest BCUT2D eigenvalue weighted by atomic mass is 79.9. The van der Waals surface area contributed by atoms with Crippen molar-refractivity contribution in [3.05, 3.63) is 52.4 Å². The van der Waals surface area contributed by atoms with Crippen molar-refractivity contribution in [1.29, 1.82) is 0 Å². The Morgan fingerprint density at radius 3 is 2.83 bits per heavy atom. The molecule has 2 rings (SSSR count). The van der Waals surface area contributed by atoms with E-state index in [1.165, 1.54) is 11.3 Å². The molecule has 18 heavy (non-hydrogen) atoms. The Bertz CT molecular complexity index is 497. The summed E-state index contributed by atoms with van der Waals surface area (Å²) in [5, 5.41) is 0. The summed E-state index contributed by atoms with van der Waals surface area (Å²) < 4.78 is 6.45. The SMILES string of the molecule is CN(Cc1ccco1)c1cc(Br)ccc1CCN. The first-order chi connectivity index (χ1) is 8.70. The maximum atomic E-state index is 5.65. The largest absolute Gasteiger partial charge is 0.467 e. The van der Waals surface area contributed by atoms with E-state index < -0.39 is 0 Å². The number of anilines is 1. The van der Waals surface area contributed by atoms with Crippen molar-refractivity contribution in [3.8, 4) is 0 Å². The molecule has 2 N–H and O–H groups in total. The molecule has 0 radical (unpaired) electrons. The summed E-state index contributed by atoms with van der Waals surface area (Å²) in [4.78, 5) is 2.18. The van der Waals surface area contributed by atoms with Gasteiger partial charge in [-0.3, -0.25) is 0 Å². The van der Waals surface area contributed by atoms with E-state index in [1.54, 1.807) is 6.26 Å². The first-order valence-corrected chi connectivity index (χ1v) is 6.72. The normalized spacial score (nSPS) is 10.6. The minimum atomic E-state index is 0.656. The summed E-state index contributed by atoms with van der Waals surface area (Å²) in [6.45, 7) is 1.41. The first-order valence-electron chi connectivity index (χ1n) is 5.92. The highest BCUT2D eigenvalue weighted by molar-refractivity contribution is 9.10. The van der Waals surface area contributed by atoms with Crippen LogP contribution in [-0.2, 0) is 13.0 Å². The Balaban J connectivity index is 2.22. The lowest BCUT2D eigenvalue weighted by Crippen LogP contribution is -2.18. The number of nitrogens with two attached hydrogens (primary N) is 1. The van der Waals surface area contributed by atoms with E-state index in [0.29, 0.717) is 6.54 Å². The molecule has 0 unspecified atom stereocenters. The number of hydrogen-bond acceptors (Lipinski definition) is 3. The van der Waals surface area contributed by atoms with E-state index in [1.807, 2.05) is 12.1 Å². The molecule has 0 spiro atoms. The maximum Gasteiger partial charge on any atom is 0.123 e. The lowest BCUT2D eigenvalue weighted by molar-refractivity contribution is 0.507. The van der Waals surface area contributed by atoms with Crippen LogP contribution in [0.4, 0.5) is 5.69 Å². The van der Waals surface area contributed by atoms with E-state index >= 15 is 0 Å². The number of benzene rings is 1. The van der Waals surface area contributed by atoms with Gasteiger partial charge in [0.15, 0.2) is 0 Å². The molecule has 0 aliphatic heterocycles. The summed E-state index contributed by atoms with van der Waals surface area (Å²) in [5.41, 5.74) is 8.10. The number of hydrogen-bond donors (Lipinski definition) is 1. The first kappa shape index (κ1) is 13.2. The van der Waals surface area contributed by atoms with Gasteiger partial charge in [-0.05, 0) is 42.8 Å². The lowest BCUT2D eigenvalue weighted by atomic mass is 10.1. The van der Waals surface area contributed by atoms with Gasteiger partial charge in [0.05, 0.1) is 12.8 Å². The van der Waals surface area contributed by atoms with Gasteiger partial charge >= 0.3 is 0 Å². The summed E-state index contributed by atoms with van der Waals surface area (Å²) in [5.74, 6) is 0.955. The van der Waals surface area contributed by atoms with Crippen molar-refractivity contribution >= 4 is 21.6 Å². The number of nitrogens with zero attached hydrogens (tertiary/aromatic N) is 1. The predicted octanol–water partition coefficient (Wildman–Crippen LogP) is 3.18. The third-order valence-corrected chi connectivity index (χ3v) is 3.34. The summed E-state index contributed by atoms with van der Waals surface area (Å²) >= 11 is 3.51. The van der Waals surface area contributed by atoms with Crippen molar-refractivity contribution in [2.24, 2.45) is 5.73 Å². The topological polar surface area (TPSA) is 42.4 Å². The number of furan rings is 1. The van der Waals surface area contributed by atoms with Crippen LogP contribution in [0.5, 0.6) is 0 Å². The van der Waals surface area contributed by atoms with Gasteiger partial charge in [0, 0.05) is 17.2 Å². The van der Waals surface area contributed by atoms with Crippen molar-refractivity contribution in [2.45, 2.75) is 13.0 Å². The highest BCUT2D eigenvalue weighted by Crippen LogP contribution is 2.26. The summed E-state index contributed by atoms with van der Waals surface area (Å²) in [7, 11) is 2.06. The fourth-order valence-electron chi connectivity index (χ4n) is 1.98. The molecule has 4 heteroatoms. The monoisotopic (exact) mass is 308 g/mol. The maximum absolute atomic E-state index is 5.65. The Morgan fingerprint density at radius 2 is 2.17 bits per heavy atom. The van der Waals surface area contributed by atoms with E-state index in [4.69, 9.17) is 10.2 Å². The van der Waals surface area contributed by atoms with Crippen molar-refractivity contribution in [2.75, 3.05) is 18.5 Å². The fraction of sp³-hybridized carbons (Fsp3) is 0.286. The van der Waals surface area contributed by atoms with Gasteiger partial charge < -0.3 is 15.1 Å². The van der Waals surface area contributed by atoms with Crippen LogP contribution in [0, 0.1) is 0 Å². The van der Waals surface area contributed by atoms with E-state index in [-0.39, 0.29) is 0 Å². The van der Waals surface area contributed by atoms with Crippen LogP contribution >= 0.6 is 15.9 Å². The molecule has 0 bridgehead atoms. The van der Waals surface area contributed by atoms with Crippen LogP contribution in [0.2, 0.25) is 0 Å². The smallest absolute Gasteiger partial charge is 0.123 e. The van der Waals surface area contributed by atoms with Crippen LogP contribution in [0.3, 0.4) is 0 Å². The summed E-state index contributed by atoms with van der Waals surface area (Å²) in [6.07, 6.45) is 2.58. The van der Waals surface area contributed by atoms with Gasteiger partial charge in [0.25, 0.3) is 0 Å². The zero-order valence-electron chi connectivity index (χ0n) is 10.4. The number of rotatable bonds is 5. The molecular formula is C14H17BrN2O. The van der Waals surface area contributed by atoms with Gasteiger partial charge in [0.2, 0.25) is 0 Å². The van der Waals surface area contributed by atoms with Crippen LogP contribution in [0.1, 0.15) is 11.3 Å². The molecule has 3 nitrogen and oxygen atoms in total. The molecule has 0 saturated heterocycles. The van der Waals surface area contributed by atoms with Gasteiger partial charge in [0.1, 0.15) is 5.76 Å². The minimum absolute atomic E-state index is 0.656. The average Bonchev–Trinajstić information content (AvgIpc) is 2.84. The van der Waals surface area contributed by atoms with Crippen molar-refractivity contribution < 1.29 is 4.42 Å². The average molecular weight is 309 g/mol. The molecule has 0 saturated carbocycles. The number of halogens is 1. The molecule has 1 aromatic heterocycles. The van der Waals surface area contributed by atoms with Gasteiger partial charge in [-0.15, -0.1) is 0 Å². The van der Waals surface area contributed by atoms with Gasteiger partial charge in [-0.2, -0.15) is 0 Å². The standard InChI is InChI=1S/C14H17BrN2O/c1-17(10-13-3-2-8-18-13)14-9-12(15)5-4-11(14)6-7-16/h2-5,8-9H,6-7,10,16H2,1H3. The van der Waals surface area contributed by atoms with Crippen LogP contribution in [0.15, 0.2) is 45.5 Å². The highest BCUT2D eigenvalue weighted by Gasteiger charge is 2.09. The second kappa shape index (κ2) is 6.07. The molecule has 0 fully saturated rings. The third-order valence-electron chi connectivity index (χ3n) is 2.85. The zero-order valence-corrected chi connectivity index (χ0v) is 12.0. The molecule has 2 aromatic rings. The molecular weight excluding hydrogens is 292 g/mol. The van der Waals surface area contributed by atoms with E-state index in [0.717, 1.165) is 23.2 Å². The molecule has 0 atom stereocenters. The zero-order chi connectivity index (χ0) is 13.0. The quantitative estimate of drug-likeness (QED) is 0.922. The van der Waals surface area contributed by atoms with Crippen LogP contribution in [0.25, 0.3) is 0 Å². The molecule has 1 heterocycles. The molecule has 0 aliphatic rings. The summed E-state index contributed by atoms with van der Waals surface area (Å²) in [6, 6.07) is 10.2. The second-order valence-corrected chi connectivity index (χ2v) is 5.16. The Morgan fingerprint density at radius 1 is 1.33 bits per heavy atom. The van der Waals surface area contributed by atoms with Crippen LogP contribution < -0.4 is 10.6 Å². The molecule has 1 aromatic carbocycles. The third kappa shape index (κ3) is 3.15. The second-order valence-electron chi connectivity index (χ2n) is 4.25. The van der Waals surface area contributed by atoms with E-state index in [2.05, 4.69) is 46.1 Å². The Labute approximate surface area is 116 Å². The fourth-order valence-corrected chi connectivity index (χ4v) is 2.33. The Hall–Kier alpha value is -1.26. The lowest BCUT2D eigenvalue weighted by Gasteiger charge is -2.21. The van der Waals surface area contributed by atoms with E-state index in [9.17, 15) is 0 Å². The molecule has 0 amide bonds. The van der Waals surface area contributed by atoms with Crippen molar-refractivity contribution in [1.82, 2.24) is 0 Å². The Kier molecular flexibility index (Phi) is 4.44. The molecule has 96 valence electrons. The van der Waals surface area contributed by atoms with Crippen LogP contribution in [-0.4, -0.2) is 13.6 Å². The minimum Gasteiger partial charge on any atom is -0.467 e. The predicted molar refractivity (Wildman–Crippen MR) is 77.7 cm³/mol. The van der Waals surface area contributed by atoms with Gasteiger partial charge in [-0.25, -0.2) is 0 Å². The van der Waals surface area contributed by atoms with Gasteiger partial charge in [-0.1, -0.05) is 22.0 Å².